The van der Waals surface area contributed by atoms with Crippen molar-refractivity contribution in [2.45, 2.75) is 65.7 Å². The predicted octanol–water partition coefficient (Wildman–Crippen LogP) is 5.39. The van der Waals surface area contributed by atoms with Crippen molar-refractivity contribution in [3.63, 3.8) is 0 Å². The lowest BCUT2D eigenvalue weighted by molar-refractivity contribution is 0.363. The van der Waals surface area contributed by atoms with Crippen LogP contribution >= 0.6 is 0 Å². The SMILES string of the molecule is C=C(CC)CCCCCC(=C)N(C)CCC(C)C. The highest BCUT2D eigenvalue weighted by molar-refractivity contribution is 4.93. The molecule has 0 fully saturated rings. The maximum absolute atomic E-state index is 4.19. The van der Waals surface area contributed by atoms with Crippen molar-refractivity contribution < 1.29 is 0 Å². The van der Waals surface area contributed by atoms with Crippen molar-refractivity contribution in [1.29, 1.82) is 0 Å². The van der Waals surface area contributed by atoms with Gasteiger partial charge in [-0.2, -0.15) is 0 Å². The Labute approximate surface area is 115 Å². The highest BCUT2D eigenvalue weighted by Gasteiger charge is 2.03. The minimum absolute atomic E-state index is 0.778. The lowest BCUT2D eigenvalue weighted by atomic mass is 10.0. The van der Waals surface area contributed by atoms with E-state index in [1.165, 1.54) is 43.4 Å². The lowest BCUT2D eigenvalue weighted by Crippen LogP contribution is -2.19. The third-order valence-corrected chi connectivity index (χ3v) is 3.58. The summed E-state index contributed by atoms with van der Waals surface area (Å²) in [5.74, 6) is 0.778. The predicted molar refractivity (Wildman–Crippen MR) is 83.7 cm³/mol. The number of hydrogen-bond donors (Lipinski definition) is 0. The summed E-state index contributed by atoms with van der Waals surface area (Å²) in [6.45, 7) is 16.1. The first-order chi connectivity index (χ1) is 8.47. The third kappa shape index (κ3) is 9.32. The molecule has 0 bridgehead atoms. The van der Waals surface area contributed by atoms with E-state index >= 15 is 0 Å². The minimum Gasteiger partial charge on any atom is -0.378 e. The third-order valence-electron chi connectivity index (χ3n) is 3.58. The summed E-state index contributed by atoms with van der Waals surface area (Å²) >= 11 is 0. The molecule has 0 N–H and O–H groups in total. The largest absolute Gasteiger partial charge is 0.378 e. The molecule has 0 spiro atoms. The summed E-state index contributed by atoms with van der Waals surface area (Å²) < 4.78 is 0. The standard InChI is InChI=1S/C17H33N/c1-7-16(4)11-9-8-10-12-17(5)18(6)14-13-15(2)3/h15H,4-5,7-14H2,1-3,6H3. The van der Waals surface area contributed by atoms with Crippen molar-refractivity contribution in [3.8, 4) is 0 Å². The molecule has 0 aliphatic heterocycles. The van der Waals surface area contributed by atoms with E-state index in [2.05, 4.69) is 45.9 Å². The van der Waals surface area contributed by atoms with Gasteiger partial charge in [0.25, 0.3) is 0 Å². The highest BCUT2D eigenvalue weighted by Crippen LogP contribution is 2.15. The van der Waals surface area contributed by atoms with Crippen LogP contribution in [0.4, 0.5) is 0 Å². The first kappa shape index (κ1) is 17.3. The highest BCUT2D eigenvalue weighted by atomic mass is 15.1. The van der Waals surface area contributed by atoms with E-state index in [0.29, 0.717) is 0 Å². The van der Waals surface area contributed by atoms with Gasteiger partial charge in [-0.1, -0.05) is 45.9 Å². The summed E-state index contributed by atoms with van der Waals surface area (Å²) in [5, 5.41) is 0. The van der Waals surface area contributed by atoms with Crippen LogP contribution in [-0.4, -0.2) is 18.5 Å². The fourth-order valence-electron chi connectivity index (χ4n) is 1.86. The maximum Gasteiger partial charge on any atom is 0.0174 e. The van der Waals surface area contributed by atoms with Crippen molar-refractivity contribution >= 4 is 0 Å². The van der Waals surface area contributed by atoms with Crippen molar-refractivity contribution in [3.05, 3.63) is 24.4 Å². The molecule has 0 aliphatic rings. The summed E-state index contributed by atoms with van der Waals surface area (Å²) in [6.07, 6.45) is 8.59. The molecule has 18 heavy (non-hydrogen) atoms. The van der Waals surface area contributed by atoms with E-state index in [-0.39, 0.29) is 0 Å². The molecule has 0 saturated carbocycles. The molecule has 0 heterocycles. The summed E-state index contributed by atoms with van der Waals surface area (Å²) in [7, 11) is 2.17. The Bertz CT molecular complexity index is 240. The van der Waals surface area contributed by atoms with E-state index in [9.17, 15) is 0 Å². The molecule has 0 aromatic heterocycles. The van der Waals surface area contributed by atoms with Crippen LogP contribution in [-0.2, 0) is 0 Å². The molecule has 0 atom stereocenters. The minimum atomic E-state index is 0.778. The average molecular weight is 251 g/mol. The molecule has 0 aliphatic carbocycles. The van der Waals surface area contributed by atoms with Crippen LogP contribution in [0.1, 0.15) is 65.7 Å². The second kappa shape index (κ2) is 10.2. The molecular weight excluding hydrogens is 218 g/mol. The van der Waals surface area contributed by atoms with Gasteiger partial charge in [-0.25, -0.2) is 0 Å². The number of hydrogen-bond acceptors (Lipinski definition) is 1. The zero-order valence-corrected chi connectivity index (χ0v) is 13.1. The Morgan fingerprint density at radius 1 is 1.06 bits per heavy atom. The fraction of sp³-hybridized carbons (Fsp3) is 0.765. The first-order valence-corrected chi connectivity index (χ1v) is 7.52. The van der Waals surface area contributed by atoms with Gasteiger partial charge < -0.3 is 4.90 Å². The van der Waals surface area contributed by atoms with Gasteiger partial charge in [-0.3, -0.25) is 0 Å². The van der Waals surface area contributed by atoms with Crippen molar-refractivity contribution in [2.75, 3.05) is 13.6 Å². The molecule has 0 unspecified atom stereocenters. The van der Waals surface area contributed by atoms with E-state index in [0.717, 1.165) is 25.3 Å². The monoisotopic (exact) mass is 251 g/mol. The smallest absolute Gasteiger partial charge is 0.0174 e. The Kier molecular flexibility index (Phi) is 9.82. The second-order valence-electron chi connectivity index (χ2n) is 5.83. The molecule has 0 radical (unpaired) electrons. The molecule has 1 nitrogen and oxygen atoms in total. The van der Waals surface area contributed by atoms with Crippen LogP contribution in [0, 0.1) is 5.92 Å². The van der Waals surface area contributed by atoms with Crippen molar-refractivity contribution in [1.82, 2.24) is 4.90 Å². The van der Waals surface area contributed by atoms with Gasteiger partial charge in [-0.15, -0.1) is 0 Å². The Morgan fingerprint density at radius 2 is 1.67 bits per heavy atom. The molecule has 0 rings (SSSR count). The Hall–Kier alpha value is -0.720. The summed E-state index contributed by atoms with van der Waals surface area (Å²) in [4.78, 5) is 2.32. The zero-order chi connectivity index (χ0) is 14.0. The molecule has 0 aromatic carbocycles. The summed E-state index contributed by atoms with van der Waals surface area (Å²) in [5.41, 5.74) is 2.69. The lowest BCUT2D eigenvalue weighted by Gasteiger charge is -2.22. The second-order valence-corrected chi connectivity index (χ2v) is 5.83. The van der Waals surface area contributed by atoms with Gasteiger partial charge in [0, 0.05) is 19.3 Å². The van der Waals surface area contributed by atoms with Gasteiger partial charge in [0.15, 0.2) is 0 Å². The van der Waals surface area contributed by atoms with Gasteiger partial charge in [-0.05, 0) is 44.4 Å². The van der Waals surface area contributed by atoms with Crippen LogP contribution in [0.5, 0.6) is 0 Å². The zero-order valence-electron chi connectivity index (χ0n) is 13.1. The van der Waals surface area contributed by atoms with E-state index < -0.39 is 0 Å². The van der Waals surface area contributed by atoms with Crippen molar-refractivity contribution in [2.24, 2.45) is 5.92 Å². The van der Waals surface area contributed by atoms with Crippen LogP contribution < -0.4 is 0 Å². The first-order valence-electron chi connectivity index (χ1n) is 7.52. The van der Waals surface area contributed by atoms with E-state index in [1.807, 2.05) is 0 Å². The Morgan fingerprint density at radius 3 is 2.22 bits per heavy atom. The molecule has 106 valence electrons. The van der Waals surface area contributed by atoms with E-state index in [4.69, 9.17) is 0 Å². The molecule has 0 amide bonds. The number of nitrogens with zero attached hydrogens (tertiary/aromatic N) is 1. The van der Waals surface area contributed by atoms with Gasteiger partial charge in [0.1, 0.15) is 0 Å². The van der Waals surface area contributed by atoms with Gasteiger partial charge >= 0.3 is 0 Å². The number of unbranched alkanes of at least 4 members (excludes halogenated alkanes) is 2. The summed E-state index contributed by atoms with van der Waals surface area (Å²) in [6, 6.07) is 0. The quantitative estimate of drug-likeness (QED) is 0.351. The van der Waals surface area contributed by atoms with E-state index in [1.54, 1.807) is 0 Å². The number of allylic oxidation sites excluding steroid dienone is 2. The average Bonchev–Trinajstić information content (AvgIpc) is 2.34. The fourth-order valence-corrected chi connectivity index (χ4v) is 1.86. The van der Waals surface area contributed by atoms with Gasteiger partial charge in [0.05, 0.1) is 0 Å². The molecule has 1 heteroatoms. The topological polar surface area (TPSA) is 3.24 Å². The normalized spacial score (nSPS) is 10.7. The molecule has 0 saturated heterocycles. The van der Waals surface area contributed by atoms with Gasteiger partial charge in [0.2, 0.25) is 0 Å². The molecule has 0 aromatic rings. The van der Waals surface area contributed by atoms with Crippen LogP contribution in [0.3, 0.4) is 0 Å². The van der Waals surface area contributed by atoms with Crippen LogP contribution in [0.25, 0.3) is 0 Å². The maximum atomic E-state index is 4.19. The Balaban J connectivity index is 3.54. The van der Waals surface area contributed by atoms with Crippen LogP contribution in [0.2, 0.25) is 0 Å². The van der Waals surface area contributed by atoms with Crippen LogP contribution in [0.15, 0.2) is 24.4 Å². The number of rotatable bonds is 11. The molecular formula is C17H33N.